The summed E-state index contributed by atoms with van der Waals surface area (Å²) in [5.74, 6) is 5.99. The van der Waals surface area contributed by atoms with Gasteiger partial charge in [0.2, 0.25) is 18.1 Å². The predicted octanol–water partition coefficient (Wildman–Crippen LogP) is 1.04. The van der Waals surface area contributed by atoms with Gasteiger partial charge in [0.05, 0.1) is 12.8 Å². The summed E-state index contributed by atoms with van der Waals surface area (Å²) in [5, 5.41) is 2.59. The van der Waals surface area contributed by atoms with E-state index in [1.165, 1.54) is 11.8 Å². The summed E-state index contributed by atoms with van der Waals surface area (Å²) in [5.41, 5.74) is -0.0386. The van der Waals surface area contributed by atoms with E-state index >= 15 is 0 Å². The molecule has 0 radical (unpaired) electrons. The first-order valence-corrected chi connectivity index (χ1v) is 5.16. The lowest BCUT2D eigenvalue weighted by atomic mass is 10.2. The predicted molar refractivity (Wildman–Crippen MR) is 63.2 cm³/mol. The van der Waals surface area contributed by atoms with E-state index in [-0.39, 0.29) is 0 Å². The second-order valence-electron chi connectivity index (χ2n) is 4.50. The Morgan fingerprint density at radius 3 is 2.65 bits per heavy atom. The topological polar surface area (TPSA) is 77.5 Å². The summed E-state index contributed by atoms with van der Waals surface area (Å²) in [6, 6.07) is 1.63. The van der Waals surface area contributed by atoms with Crippen molar-refractivity contribution in [2.24, 2.45) is 0 Å². The lowest BCUT2D eigenvalue weighted by Crippen LogP contribution is -2.43. The molecule has 0 aliphatic heterocycles. The van der Waals surface area contributed by atoms with Gasteiger partial charge in [-0.2, -0.15) is 0 Å². The Labute approximate surface area is 100 Å². The van der Waals surface area contributed by atoms with Crippen molar-refractivity contribution in [2.75, 3.05) is 18.3 Å². The highest BCUT2D eigenvalue weighted by Gasteiger charge is 2.18. The van der Waals surface area contributed by atoms with E-state index in [2.05, 4.69) is 5.32 Å². The molecule has 1 aromatic heterocycles. The molecule has 94 valence electrons. The van der Waals surface area contributed by atoms with Crippen molar-refractivity contribution in [1.29, 1.82) is 0 Å². The standard InChI is InChI=1S/C11H17N3O3/c1-11(2,3)17-10(15)13-8-5-6-14(12)7-9(8)16-4/h5-7H,12H2,1-4H3/p+1. The minimum absolute atomic E-state index is 0.459. The van der Waals surface area contributed by atoms with Gasteiger partial charge >= 0.3 is 6.09 Å². The van der Waals surface area contributed by atoms with Gasteiger partial charge in [-0.15, -0.1) is 0 Å². The molecule has 1 heterocycles. The molecule has 0 saturated carbocycles. The van der Waals surface area contributed by atoms with Crippen LogP contribution >= 0.6 is 0 Å². The highest BCUT2D eigenvalue weighted by atomic mass is 16.6. The Bertz CT molecular complexity index is 413. The number of carbonyl (C=O) groups excluding carboxylic acids is 1. The summed E-state index contributed by atoms with van der Waals surface area (Å²) < 4.78 is 11.5. The fraction of sp³-hybridized carbons (Fsp3) is 0.455. The zero-order valence-corrected chi connectivity index (χ0v) is 10.5. The van der Waals surface area contributed by atoms with Gasteiger partial charge in [-0.3, -0.25) is 5.32 Å². The fourth-order valence-electron chi connectivity index (χ4n) is 1.17. The average Bonchev–Trinajstić information content (AvgIpc) is 2.17. The Hall–Kier alpha value is -1.98. The molecule has 0 saturated heterocycles. The van der Waals surface area contributed by atoms with Crippen LogP contribution in [0.1, 0.15) is 20.8 Å². The number of nitrogens with one attached hydrogen (secondary N) is 1. The van der Waals surface area contributed by atoms with Crippen molar-refractivity contribution in [2.45, 2.75) is 26.4 Å². The lowest BCUT2D eigenvalue weighted by molar-refractivity contribution is -0.639. The molecule has 3 N–H and O–H groups in total. The highest BCUT2D eigenvalue weighted by Crippen LogP contribution is 2.21. The molecule has 6 nitrogen and oxygen atoms in total. The van der Waals surface area contributed by atoms with Gasteiger partial charge in [-0.1, -0.05) is 4.68 Å². The van der Waals surface area contributed by atoms with Gasteiger partial charge in [0.25, 0.3) is 0 Å². The zero-order valence-electron chi connectivity index (χ0n) is 10.5. The molecule has 0 aliphatic rings. The van der Waals surface area contributed by atoms with Gasteiger partial charge in [0.15, 0.2) is 0 Å². The molecule has 1 rings (SSSR count). The van der Waals surface area contributed by atoms with Gasteiger partial charge < -0.3 is 9.47 Å². The molecule has 1 amide bonds. The van der Waals surface area contributed by atoms with Crippen LogP contribution in [0, 0.1) is 0 Å². The summed E-state index contributed by atoms with van der Waals surface area (Å²) in [7, 11) is 1.50. The van der Waals surface area contributed by atoms with E-state index < -0.39 is 11.7 Å². The molecule has 1 aromatic rings. The number of methoxy groups -OCH3 is 1. The van der Waals surface area contributed by atoms with E-state index in [1.807, 2.05) is 0 Å². The number of hydrogen-bond donors (Lipinski definition) is 2. The van der Waals surface area contributed by atoms with Crippen LogP contribution in [-0.4, -0.2) is 18.8 Å². The third kappa shape index (κ3) is 4.18. The average molecular weight is 240 g/mol. The number of carbonyl (C=O) groups is 1. The summed E-state index contributed by atoms with van der Waals surface area (Å²) in [6.07, 6.45) is 2.60. The summed E-state index contributed by atoms with van der Waals surface area (Å²) in [4.78, 5) is 11.6. The molecule has 0 atom stereocenters. The second kappa shape index (κ2) is 4.90. The monoisotopic (exact) mass is 240 g/mol. The first-order chi connectivity index (χ1) is 7.81. The molecule has 0 fully saturated rings. The number of anilines is 1. The lowest BCUT2D eigenvalue weighted by Gasteiger charge is -2.19. The van der Waals surface area contributed by atoms with Gasteiger partial charge in [0.1, 0.15) is 5.60 Å². The Kier molecular flexibility index (Phi) is 3.77. The van der Waals surface area contributed by atoms with Crippen LogP contribution in [-0.2, 0) is 4.74 Å². The second-order valence-corrected chi connectivity index (χ2v) is 4.50. The van der Waals surface area contributed by atoms with E-state index in [4.69, 9.17) is 15.3 Å². The number of nitrogens with zero attached hydrogens (tertiary/aromatic N) is 1. The van der Waals surface area contributed by atoms with Crippen molar-refractivity contribution in [3.63, 3.8) is 0 Å². The van der Waals surface area contributed by atoms with E-state index in [1.54, 1.807) is 39.2 Å². The third-order valence-corrected chi connectivity index (χ3v) is 1.80. The van der Waals surface area contributed by atoms with Crippen molar-refractivity contribution in [3.05, 3.63) is 18.5 Å². The Morgan fingerprint density at radius 2 is 2.12 bits per heavy atom. The summed E-state index contributed by atoms with van der Waals surface area (Å²) >= 11 is 0. The maximum atomic E-state index is 11.6. The SMILES string of the molecule is COc1c[n+](N)ccc1NC(=O)OC(C)(C)C. The number of rotatable bonds is 2. The van der Waals surface area contributed by atoms with Gasteiger partial charge in [-0.25, -0.2) is 10.6 Å². The van der Waals surface area contributed by atoms with Gasteiger partial charge in [-0.05, 0) is 20.8 Å². The molecule has 17 heavy (non-hydrogen) atoms. The first-order valence-electron chi connectivity index (χ1n) is 5.16. The largest absolute Gasteiger partial charge is 0.489 e. The Balaban J connectivity index is 2.78. The number of nitrogen functional groups attached to an aromatic ring is 1. The third-order valence-electron chi connectivity index (χ3n) is 1.80. The van der Waals surface area contributed by atoms with Crippen LogP contribution in [0.5, 0.6) is 5.75 Å². The quantitative estimate of drug-likeness (QED) is 0.598. The summed E-state index contributed by atoms with van der Waals surface area (Å²) in [6.45, 7) is 5.38. The maximum Gasteiger partial charge on any atom is 0.412 e. The van der Waals surface area contributed by atoms with Gasteiger partial charge in [0, 0.05) is 6.07 Å². The first kappa shape index (κ1) is 13.1. The fourth-order valence-corrected chi connectivity index (χ4v) is 1.17. The van der Waals surface area contributed by atoms with Crippen molar-refractivity contribution in [1.82, 2.24) is 0 Å². The van der Waals surface area contributed by atoms with Crippen LogP contribution in [0.3, 0.4) is 0 Å². The molecule has 6 heteroatoms. The van der Waals surface area contributed by atoms with E-state index in [9.17, 15) is 4.79 Å². The number of ether oxygens (including phenoxy) is 2. The van der Waals surface area contributed by atoms with Crippen molar-refractivity contribution >= 4 is 11.8 Å². The number of nitrogens with two attached hydrogens (primary N) is 1. The number of aromatic nitrogens is 1. The number of amides is 1. The maximum absolute atomic E-state index is 11.6. The number of pyridine rings is 1. The minimum atomic E-state index is -0.542. The smallest absolute Gasteiger partial charge is 0.412 e. The number of hydrogen-bond acceptors (Lipinski definition) is 4. The van der Waals surface area contributed by atoms with Crippen LogP contribution in [0.25, 0.3) is 0 Å². The van der Waals surface area contributed by atoms with Crippen molar-refractivity contribution < 1.29 is 18.9 Å². The Morgan fingerprint density at radius 1 is 1.47 bits per heavy atom. The van der Waals surface area contributed by atoms with Crippen molar-refractivity contribution in [3.8, 4) is 5.75 Å². The molecule has 0 unspecified atom stereocenters. The van der Waals surface area contributed by atoms with Crippen LogP contribution in [0.4, 0.5) is 10.5 Å². The molecule has 0 bridgehead atoms. The van der Waals surface area contributed by atoms with E-state index in [0.717, 1.165) is 0 Å². The molecular weight excluding hydrogens is 222 g/mol. The zero-order chi connectivity index (χ0) is 13.1. The van der Waals surface area contributed by atoms with Crippen LogP contribution in [0.15, 0.2) is 18.5 Å². The molecule has 0 aromatic carbocycles. The van der Waals surface area contributed by atoms with E-state index in [0.29, 0.717) is 11.4 Å². The minimum Gasteiger partial charge on any atom is -0.489 e. The van der Waals surface area contributed by atoms with Crippen LogP contribution < -0.4 is 20.6 Å². The molecular formula is C11H18N3O3+. The molecule has 0 spiro atoms. The molecule has 0 aliphatic carbocycles. The van der Waals surface area contributed by atoms with Crippen LogP contribution in [0.2, 0.25) is 0 Å². The highest BCUT2D eigenvalue weighted by molar-refractivity contribution is 5.86. The normalized spacial score (nSPS) is 10.8.